The normalized spacial score (nSPS) is 23.1. The minimum Gasteiger partial charge on any atom is -0.316 e. The molecule has 86 valence electrons. The summed E-state index contributed by atoms with van der Waals surface area (Å²) in [5.74, 6) is 1.07. The highest BCUT2D eigenvalue weighted by atomic mass is 16.1. The highest BCUT2D eigenvalue weighted by molar-refractivity contribution is 5.82. The van der Waals surface area contributed by atoms with Gasteiger partial charge in [0.25, 0.3) is 0 Å². The molecular formula is C14H19NO. The Balaban J connectivity index is 1.97. The van der Waals surface area contributed by atoms with Crippen molar-refractivity contribution in [1.29, 1.82) is 0 Å². The van der Waals surface area contributed by atoms with Gasteiger partial charge in [-0.3, -0.25) is 4.79 Å². The minimum atomic E-state index is 0.203. The summed E-state index contributed by atoms with van der Waals surface area (Å²) in [5.41, 5.74) is 1.33. The second-order valence-electron chi connectivity index (χ2n) is 4.69. The molecule has 1 heterocycles. The lowest BCUT2D eigenvalue weighted by Crippen LogP contribution is -2.40. The SMILES string of the molecule is CC(Cc1ccccc1)C1CNCCC1=O. The Hall–Kier alpha value is -1.15. The van der Waals surface area contributed by atoms with Crippen LogP contribution in [0.4, 0.5) is 0 Å². The molecule has 0 saturated carbocycles. The van der Waals surface area contributed by atoms with Crippen molar-refractivity contribution in [1.82, 2.24) is 5.32 Å². The van der Waals surface area contributed by atoms with Crippen LogP contribution < -0.4 is 5.32 Å². The molecular weight excluding hydrogens is 198 g/mol. The van der Waals surface area contributed by atoms with Gasteiger partial charge < -0.3 is 5.32 Å². The average Bonchev–Trinajstić information content (AvgIpc) is 2.31. The molecule has 1 saturated heterocycles. The standard InChI is InChI=1S/C14H19NO/c1-11(9-12-5-3-2-4-6-12)13-10-15-8-7-14(13)16/h2-6,11,13,15H,7-10H2,1H3. The van der Waals surface area contributed by atoms with Crippen LogP contribution in [-0.4, -0.2) is 18.9 Å². The second-order valence-corrected chi connectivity index (χ2v) is 4.69. The lowest BCUT2D eigenvalue weighted by Gasteiger charge is -2.27. The Morgan fingerprint density at radius 3 is 2.81 bits per heavy atom. The van der Waals surface area contributed by atoms with Gasteiger partial charge in [-0.05, 0) is 17.9 Å². The summed E-state index contributed by atoms with van der Waals surface area (Å²) in [6.07, 6.45) is 1.70. The van der Waals surface area contributed by atoms with Crippen molar-refractivity contribution in [3.05, 3.63) is 35.9 Å². The van der Waals surface area contributed by atoms with Crippen LogP contribution >= 0.6 is 0 Å². The zero-order valence-electron chi connectivity index (χ0n) is 9.78. The summed E-state index contributed by atoms with van der Waals surface area (Å²) >= 11 is 0. The number of rotatable bonds is 3. The maximum absolute atomic E-state index is 11.8. The van der Waals surface area contributed by atoms with Gasteiger partial charge in [-0.1, -0.05) is 37.3 Å². The highest BCUT2D eigenvalue weighted by Crippen LogP contribution is 2.20. The summed E-state index contributed by atoms with van der Waals surface area (Å²) in [7, 11) is 0. The smallest absolute Gasteiger partial charge is 0.138 e. The molecule has 2 unspecified atom stereocenters. The van der Waals surface area contributed by atoms with Crippen LogP contribution in [0.5, 0.6) is 0 Å². The van der Waals surface area contributed by atoms with E-state index in [-0.39, 0.29) is 5.92 Å². The number of nitrogens with one attached hydrogen (secondary N) is 1. The zero-order chi connectivity index (χ0) is 11.4. The summed E-state index contributed by atoms with van der Waals surface area (Å²) < 4.78 is 0. The Morgan fingerprint density at radius 1 is 1.38 bits per heavy atom. The average molecular weight is 217 g/mol. The molecule has 0 spiro atoms. The van der Waals surface area contributed by atoms with E-state index in [9.17, 15) is 4.79 Å². The lowest BCUT2D eigenvalue weighted by molar-refractivity contribution is -0.125. The van der Waals surface area contributed by atoms with Gasteiger partial charge in [0.2, 0.25) is 0 Å². The first-order valence-corrected chi connectivity index (χ1v) is 6.04. The third-order valence-electron chi connectivity index (χ3n) is 3.41. The summed E-state index contributed by atoms with van der Waals surface area (Å²) in [4.78, 5) is 11.8. The van der Waals surface area contributed by atoms with Crippen molar-refractivity contribution in [3.8, 4) is 0 Å². The van der Waals surface area contributed by atoms with Gasteiger partial charge in [0.05, 0.1) is 0 Å². The van der Waals surface area contributed by atoms with E-state index in [1.165, 1.54) is 5.56 Å². The number of hydrogen-bond donors (Lipinski definition) is 1. The highest BCUT2D eigenvalue weighted by Gasteiger charge is 2.27. The van der Waals surface area contributed by atoms with Gasteiger partial charge in [-0.25, -0.2) is 0 Å². The van der Waals surface area contributed by atoms with Crippen molar-refractivity contribution >= 4 is 5.78 Å². The van der Waals surface area contributed by atoms with Crippen LogP contribution in [0.1, 0.15) is 18.9 Å². The molecule has 2 atom stereocenters. The fourth-order valence-electron chi connectivity index (χ4n) is 2.42. The van der Waals surface area contributed by atoms with Gasteiger partial charge in [-0.2, -0.15) is 0 Å². The van der Waals surface area contributed by atoms with Gasteiger partial charge in [0.1, 0.15) is 5.78 Å². The summed E-state index contributed by atoms with van der Waals surface area (Å²) in [6, 6.07) is 10.4. The van der Waals surface area contributed by atoms with Crippen molar-refractivity contribution in [2.24, 2.45) is 11.8 Å². The number of Topliss-reactive ketones (excluding diaryl/α,β-unsaturated/α-hetero) is 1. The second kappa shape index (κ2) is 5.26. The van der Waals surface area contributed by atoms with Crippen LogP contribution in [-0.2, 0) is 11.2 Å². The monoisotopic (exact) mass is 217 g/mol. The van der Waals surface area contributed by atoms with E-state index < -0.39 is 0 Å². The largest absolute Gasteiger partial charge is 0.316 e. The first kappa shape index (κ1) is 11.3. The van der Waals surface area contributed by atoms with Crippen LogP contribution in [0, 0.1) is 11.8 Å². The van der Waals surface area contributed by atoms with Crippen molar-refractivity contribution < 1.29 is 4.79 Å². The number of hydrogen-bond acceptors (Lipinski definition) is 2. The molecule has 0 aliphatic carbocycles. The Kier molecular flexibility index (Phi) is 3.73. The van der Waals surface area contributed by atoms with Crippen LogP contribution in [0.2, 0.25) is 0 Å². The molecule has 1 aliphatic rings. The molecule has 16 heavy (non-hydrogen) atoms. The van der Waals surface area contributed by atoms with E-state index in [1.807, 2.05) is 6.07 Å². The maximum Gasteiger partial charge on any atom is 0.138 e. The molecule has 2 rings (SSSR count). The van der Waals surface area contributed by atoms with Gasteiger partial charge in [-0.15, -0.1) is 0 Å². The molecule has 0 aromatic heterocycles. The molecule has 1 aromatic rings. The Morgan fingerprint density at radius 2 is 2.12 bits per heavy atom. The quantitative estimate of drug-likeness (QED) is 0.839. The number of ketones is 1. The molecule has 1 fully saturated rings. The fourth-order valence-corrected chi connectivity index (χ4v) is 2.42. The fraction of sp³-hybridized carbons (Fsp3) is 0.500. The van der Waals surface area contributed by atoms with Crippen LogP contribution in [0.3, 0.4) is 0 Å². The summed E-state index contributed by atoms with van der Waals surface area (Å²) in [6.45, 7) is 3.89. The number of carbonyl (C=O) groups is 1. The molecule has 1 aliphatic heterocycles. The van der Waals surface area contributed by atoms with Crippen molar-refractivity contribution in [2.45, 2.75) is 19.8 Å². The maximum atomic E-state index is 11.8. The predicted molar refractivity (Wildman–Crippen MR) is 65.3 cm³/mol. The van der Waals surface area contributed by atoms with Gasteiger partial charge in [0, 0.05) is 25.4 Å². The van der Waals surface area contributed by atoms with E-state index in [4.69, 9.17) is 0 Å². The molecule has 0 bridgehead atoms. The molecule has 2 nitrogen and oxygen atoms in total. The van der Waals surface area contributed by atoms with E-state index >= 15 is 0 Å². The van der Waals surface area contributed by atoms with Gasteiger partial charge >= 0.3 is 0 Å². The van der Waals surface area contributed by atoms with E-state index in [2.05, 4.69) is 36.5 Å². The van der Waals surface area contributed by atoms with Crippen LogP contribution in [0.15, 0.2) is 30.3 Å². The van der Waals surface area contributed by atoms with Gasteiger partial charge in [0.15, 0.2) is 0 Å². The number of benzene rings is 1. The zero-order valence-corrected chi connectivity index (χ0v) is 9.78. The lowest BCUT2D eigenvalue weighted by atomic mass is 9.83. The predicted octanol–water partition coefficient (Wildman–Crippen LogP) is 2.04. The summed E-state index contributed by atoms with van der Waals surface area (Å²) in [5, 5.41) is 3.31. The molecule has 0 radical (unpaired) electrons. The Bertz CT molecular complexity index is 347. The first-order valence-electron chi connectivity index (χ1n) is 6.04. The van der Waals surface area contributed by atoms with Crippen LogP contribution in [0.25, 0.3) is 0 Å². The minimum absolute atomic E-state index is 0.203. The molecule has 2 heteroatoms. The van der Waals surface area contributed by atoms with E-state index in [0.29, 0.717) is 18.1 Å². The first-order chi connectivity index (χ1) is 7.77. The third-order valence-corrected chi connectivity index (χ3v) is 3.41. The molecule has 1 aromatic carbocycles. The number of carbonyl (C=O) groups excluding carboxylic acids is 1. The Labute approximate surface area is 97.1 Å². The molecule has 0 amide bonds. The topological polar surface area (TPSA) is 29.1 Å². The number of piperidine rings is 1. The van der Waals surface area contributed by atoms with Crippen molar-refractivity contribution in [2.75, 3.05) is 13.1 Å². The van der Waals surface area contributed by atoms with E-state index in [0.717, 1.165) is 19.5 Å². The van der Waals surface area contributed by atoms with E-state index in [1.54, 1.807) is 0 Å². The third kappa shape index (κ3) is 2.70. The van der Waals surface area contributed by atoms with Crippen molar-refractivity contribution in [3.63, 3.8) is 0 Å². The molecule has 1 N–H and O–H groups in total.